The van der Waals surface area contributed by atoms with Gasteiger partial charge in [0.15, 0.2) is 11.5 Å². The van der Waals surface area contributed by atoms with Crippen molar-refractivity contribution in [3.05, 3.63) is 35.9 Å². The Bertz CT molecular complexity index is 924. The Kier molecular flexibility index (Phi) is 4.48. The zero-order valence-corrected chi connectivity index (χ0v) is 14.9. The fourth-order valence-corrected chi connectivity index (χ4v) is 3.37. The Morgan fingerprint density at radius 3 is 3.00 bits per heavy atom. The van der Waals surface area contributed by atoms with Gasteiger partial charge in [0.2, 0.25) is 0 Å². The van der Waals surface area contributed by atoms with Crippen LogP contribution in [0.2, 0.25) is 0 Å². The standard InChI is InChI=1S/C19H22N4O3/c1-12-11-26-8-7-23(12)19-15-4-5-16(20-18(15)21-22-19)13-3-6-17(25-2)14(9-13)10-24/h3-6,9,12,24H,7-8,10-11H2,1-2H3,(H,20,21,22). The van der Waals surface area contributed by atoms with Gasteiger partial charge in [-0.25, -0.2) is 4.98 Å². The molecule has 1 unspecified atom stereocenters. The number of hydrogen-bond donors (Lipinski definition) is 2. The number of benzene rings is 1. The van der Waals surface area contributed by atoms with Gasteiger partial charge in [-0.3, -0.25) is 5.10 Å². The Morgan fingerprint density at radius 2 is 2.23 bits per heavy atom. The molecule has 2 N–H and O–H groups in total. The smallest absolute Gasteiger partial charge is 0.160 e. The van der Waals surface area contributed by atoms with Gasteiger partial charge in [-0.05, 0) is 37.3 Å². The summed E-state index contributed by atoms with van der Waals surface area (Å²) in [6.45, 7) is 4.29. The molecule has 1 fully saturated rings. The summed E-state index contributed by atoms with van der Waals surface area (Å²) in [5, 5.41) is 18.1. The van der Waals surface area contributed by atoms with Crippen molar-refractivity contribution in [2.75, 3.05) is 31.8 Å². The van der Waals surface area contributed by atoms with Crippen LogP contribution in [0.1, 0.15) is 12.5 Å². The molecule has 26 heavy (non-hydrogen) atoms. The van der Waals surface area contributed by atoms with Crippen LogP contribution < -0.4 is 9.64 Å². The molecule has 0 saturated carbocycles. The van der Waals surface area contributed by atoms with Gasteiger partial charge in [-0.2, -0.15) is 5.10 Å². The molecule has 3 aromatic rings. The number of methoxy groups -OCH3 is 1. The van der Waals surface area contributed by atoms with E-state index in [1.54, 1.807) is 7.11 Å². The molecule has 0 bridgehead atoms. The summed E-state index contributed by atoms with van der Waals surface area (Å²) in [5.41, 5.74) is 3.23. The van der Waals surface area contributed by atoms with Crippen molar-refractivity contribution >= 4 is 16.9 Å². The molecule has 0 radical (unpaired) electrons. The van der Waals surface area contributed by atoms with Gasteiger partial charge in [0.1, 0.15) is 5.75 Å². The first-order valence-electron chi connectivity index (χ1n) is 8.69. The van der Waals surface area contributed by atoms with Gasteiger partial charge in [0.25, 0.3) is 0 Å². The number of hydrogen-bond acceptors (Lipinski definition) is 6. The van der Waals surface area contributed by atoms with E-state index in [2.05, 4.69) is 22.0 Å². The highest BCUT2D eigenvalue weighted by Gasteiger charge is 2.23. The Labute approximate surface area is 151 Å². The quantitative estimate of drug-likeness (QED) is 0.748. The minimum Gasteiger partial charge on any atom is -0.496 e. The summed E-state index contributed by atoms with van der Waals surface area (Å²) >= 11 is 0. The number of aliphatic hydroxyl groups excluding tert-OH is 1. The van der Waals surface area contributed by atoms with Crippen LogP contribution >= 0.6 is 0 Å². The minimum absolute atomic E-state index is 0.0810. The lowest BCUT2D eigenvalue weighted by Gasteiger charge is -2.33. The third-order valence-corrected chi connectivity index (χ3v) is 4.79. The van der Waals surface area contributed by atoms with Crippen molar-refractivity contribution in [3.63, 3.8) is 0 Å². The first kappa shape index (κ1) is 16.8. The van der Waals surface area contributed by atoms with Gasteiger partial charge in [0, 0.05) is 17.7 Å². The van der Waals surface area contributed by atoms with Gasteiger partial charge >= 0.3 is 0 Å². The second-order valence-electron chi connectivity index (χ2n) is 6.44. The molecular weight excluding hydrogens is 332 g/mol. The number of morpholine rings is 1. The molecule has 1 atom stereocenters. The number of rotatable bonds is 4. The Hall–Kier alpha value is -2.64. The van der Waals surface area contributed by atoms with Crippen molar-refractivity contribution in [1.82, 2.24) is 15.2 Å². The third-order valence-electron chi connectivity index (χ3n) is 4.79. The van der Waals surface area contributed by atoms with E-state index in [-0.39, 0.29) is 12.6 Å². The second kappa shape index (κ2) is 6.93. The maximum Gasteiger partial charge on any atom is 0.160 e. The highest BCUT2D eigenvalue weighted by atomic mass is 16.5. The first-order valence-corrected chi connectivity index (χ1v) is 8.69. The molecule has 7 heteroatoms. The van der Waals surface area contributed by atoms with Crippen LogP contribution in [-0.4, -0.2) is 53.2 Å². The highest BCUT2D eigenvalue weighted by Crippen LogP contribution is 2.30. The molecule has 3 heterocycles. The maximum atomic E-state index is 9.53. The van der Waals surface area contributed by atoms with Gasteiger partial charge < -0.3 is 19.5 Å². The number of aromatic amines is 1. The summed E-state index contributed by atoms with van der Waals surface area (Å²) in [5.74, 6) is 1.59. The van der Waals surface area contributed by atoms with Crippen LogP contribution in [0.3, 0.4) is 0 Å². The average Bonchev–Trinajstić information content (AvgIpc) is 3.10. The normalized spacial score (nSPS) is 17.7. The van der Waals surface area contributed by atoms with Crippen molar-refractivity contribution in [3.8, 4) is 17.0 Å². The van der Waals surface area contributed by atoms with E-state index in [0.29, 0.717) is 19.0 Å². The van der Waals surface area contributed by atoms with Gasteiger partial charge in [0.05, 0.1) is 44.1 Å². The van der Waals surface area contributed by atoms with Crippen molar-refractivity contribution < 1.29 is 14.6 Å². The second-order valence-corrected chi connectivity index (χ2v) is 6.44. The van der Waals surface area contributed by atoms with Crippen LogP contribution in [0, 0.1) is 0 Å². The molecule has 136 valence electrons. The number of nitrogens with zero attached hydrogens (tertiary/aromatic N) is 3. The summed E-state index contributed by atoms with van der Waals surface area (Å²) in [6, 6.07) is 9.99. The summed E-state index contributed by atoms with van der Waals surface area (Å²) in [7, 11) is 1.59. The van der Waals surface area contributed by atoms with E-state index in [1.807, 2.05) is 30.3 Å². The van der Waals surface area contributed by atoms with E-state index in [4.69, 9.17) is 14.5 Å². The fraction of sp³-hybridized carbons (Fsp3) is 0.368. The molecule has 7 nitrogen and oxygen atoms in total. The molecule has 1 saturated heterocycles. The highest BCUT2D eigenvalue weighted by molar-refractivity contribution is 5.89. The lowest BCUT2D eigenvalue weighted by Crippen LogP contribution is -2.44. The topological polar surface area (TPSA) is 83.5 Å². The van der Waals surface area contributed by atoms with Crippen LogP contribution in [0.5, 0.6) is 5.75 Å². The van der Waals surface area contributed by atoms with Crippen LogP contribution in [-0.2, 0) is 11.3 Å². The number of ether oxygens (including phenoxy) is 2. The number of pyridine rings is 1. The largest absolute Gasteiger partial charge is 0.496 e. The number of fused-ring (bicyclic) bond motifs is 1. The third kappa shape index (κ3) is 2.89. The monoisotopic (exact) mass is 354 g/mol. The van der Waals surface area contributed by atoms with Crippen molar-refractivity contribution in [1.29, 1.82) is 0 Å². The molecule has 0 aliphatic carbocycles. The molecule has 0 amide bonds. The molecule has 2 aromatic heterocycles. The van der Waals surface area contributed by atoms with E-state index in [1.165, 1.54) is 0 Å². The molecular formula is C19H22N4O3. The Balaban J connectivity index is 1.71. The summed E-state index contributed by atoms with van der Waals surface area (Å²) < 4.78 is 10.8. The van der Waals surface area contributed by atoms with E-state index in [0.717, 1.165) is 40.2 Å². The molecule has 1 aromatic carbocycles. The minimum atomic E-state index is -0.0810. The molecule has 1 aliphatic heterocycles. The summed E-state index contributed by atoms with van der Waals surface area (Å²) in [6.07, 6.45) is 0. The number of anilines is 1. The van der Waals surface area contributed by atoms with Crippen LogP contribution in [0.25, 0.3) is 22.3 Å². The van der Waals surface area contributed by atoms with Crippen molar-refractivity contribution in [2.45, 2.75) is 19.6 Å². The summed E-state index contributed by atoms with van der Waals surface area (Å²) in [4.78, 5) is 6.97. The lowest BCUT2D eigenvalue weighted by atomic mass is 10.1. The first-order chi connectivity index (χ1) is 12.7. The van der Waals surface area contributed by atoms with E-state index < -0.39 is 0 Å². The molecule has 1 aliphatic rings. The number of nitrogens with one attached hydrogen (secondary N) is 1. The number of H-pyrrole nitrogens is 1. The zero-order chi connectivity index (χ0) is 18.1. The number of aromatic nitrogens is 3. The van der Waals surface area contributed by atoms with E-state index in [9.17, 15) is 5.11 Å². The average molecular weight is 354 g/mol. The zero-order valence-electron chi connectivity index (χ0n) is 14.9. The SMILES string of the molecule is COc1ccc(-c2ccc3c(N4CCOCC4C)n[nH]c3n2)cc1CO. The molecule has 0 spiro atoms. The van der Waals surface area contributed by atoms with Gasteiger partial charge in [-0.15, -0.1) is 0 Å². The van der Waals surface area contributed by atoms with Gasteiger partial charge in [-0.1, -0.05) is 0 Å². The maximum absolute atomic E-state index is 9.53. The van der Waals surface area contributed by atoms with Crippen LogP contribution in [0.4, 0.5) is 5.82 Å². The van der Waals surface area contributed by atoms with E-state index >= 15 is 0 Å². The predicted octanol–water partition coefficient (Wildman–Crippen LogP) is 2.35. The lowest BCUT2D eigenvalue weighted by molar-refractivity contribution is 0.0986. The predicted molar refractivity (Wildman–Crippen MR) is 99.4 cm³/mol. The Morgan fingerprint density at radius 1 is 1.35 bits per heavy atom. The molecule has 4 rings (SSSR count). The number of aliphatic hydroxyl groups is 1. The van der Waals surface area contributed by atoms with Crippen LogP contribution in [0.15, 0.2) is 30.3 Å². The van der Waals surface area contributed by atoms with Crippen molar-refractivity contribution in [2.24, 2.45) is 0 Å². The fourth-order valence-electron chi connectivity index (χ4n) is 3.37.